The summed E-state index contributed by atoms with van der Waals surface area (Å²) in [5.41, 5.74) is 7.45. The molecule has 0 aromatic heterocycles. The number of rotatable bonds is 2. The van der Waals surface area contributed by atoms with E-state index >= 15 is 0 Å². The summed E-state index contributed by atoms with van der Waals surface area (Å²) in [7, 11) is 0. The van der Waals surface area contributed by atoms with Crippen LogP contribution in [0.5, 0.6) is 0 Å². The maximum Gasteiger partial charge on any atom is 0.246 e. The van der Waals surface area contributed by atoms with Gasteiger partial charge in [0.25, 0.3) is 0 Å². The molecule has 0 saturated heterocycles. The summed E-state index contributed by atoms with van der Waals surface area (Å²) in [4.78, 5) is 11.7. The Kier molecular flexibility index (Phi) is 3.44. The molecule has 1 aliphatic heterocycles. The third kappa shape index (κ3) is 2.21. The minimum Gasteiger partial charge on any atom is -0.390 e. The number of aliphatic hydroxyl groups is 3. The number of nitrogens with two attached hydrogens (primary N) is 1. The SMILES string of the molecule is NC(=O)C1=CNc2ccccc2C1C1CC(O)C(O)C1O. The van der Waals surface area contributed by atoms with E-state index in [1.165, 1.54) is 0 Å². The second-order valence-corrected chi connectivity index (χ2v) is 5.62. The molecule has 1 aliphatic carbocycles. The average molecular weight is 290 g/mol. The summed E-state index contributed by atoms with van der Waals surface area (Å²) < 4.78 is 0. The topological polar surface area (TPSA) is 116 Å². The number of primary amides is 1. The average Bonchev–Trinajstić information content (AvgIpc) is 2.73. The fourth-order valence-electron chi connectivity index (χ4n) is 3.37. The zero-order chi connectivity index (χ0) is 15.1. The highest BCUT2D eigenvalue weighted by Crippen LogP contribution is 2.45. The minimum absolute atomic E-state index is 0.214. The van der Waals surface area contributed by atoms with Crippen LogP contribution < -0.4 is 11.1 Å². The minimum atomic E-state index is -1.20. The Balaban J connectivity index is 2.05. The highest BCUT2D eigenvalue weighted by molar-refractivity contribution is 5.95. The molecule has 6 nitrogen and oxygen atoms in total. The van der Waals surface area contributed by atoms with Gasteiger partial charge in [0.1, 0.15) is 6.10 Å². The third-order valence-electron chi connectivity index (χ3n) is 4.42. The Morgan fingerprint density at radius 3 is 2.52 bits per heavy atom. The number of benzene rings is 1. The van der Waals surface area contributed by atoms with Gasteiger partial charge in [-0.3, -0.25) is 4.79 Å². The molecule has 1 aromatic carbocycles. The second kappa shape index (κ2) is 5.14. The van der Waals surface area contributed by atoms with Crippen molar-refractivity contribution in [2.75, 3.05) is 5.32 Å². The van der Waals surface area contributed by atoms with Gasteiger partial charge in [-0.2, -0.15) is 0 Å². The third-order valence-corrected chi connectivity index (χ3v) is 4.42. The van der Waals surface area contributed by atoms with Crippen molar-refractivity contribution in [1.82, 2.24) is 0 Å². The Hall–Kier alpha value is -1.89. The molecule has 2 aliphatic rings. The summed E-state index contributed by atoms with van der Waals surface area (Å²) in [6.45, 7) is 0. The van der Waals surface area contributed by atoms with E-state index in [-0.39, 0.29) is 6.42 Å². The van der Waals surface area contributed by atoms with Gasteiger partial charge in [-0.25, -0.2) is 0 Å². The van der Waals surface area contributed by atoms with Gasteiger partial charge in [0.2, 0.25) is 5.91 Å². The van der Waals surface area contributed by atoms with Gasteiger partial charge in [-0.1, -0.05) is 18.2 Å². The van der Waals surface area contributed by atoms with Gasteiger partial charge in [0.15, 0.2) is 0 Å². The molecule has 6 heteroatoms. The van der Waals surface area contributed by atoms with Gasteiger partial charge in [0, 0.05) is 29.3 Å². The number of hydrogen-bond donors (Lipinski definition) is 5. The molecule has 5 unspecified atom stereocenters. The van der Waals surface area contributed by atoms with Gasteiger partial charge in [0.05, 0.1) is 12.2 Å². The number of anilines is 1. The summed E-state index contributed by atoms with van der Waals surface area (Å²) in [6, 6.07) is 7.42. The zero-order valence-corrected chi connectivity index (χ0v) is 11.3. The van der Waals surface area contributed by atoms with Crippen LogP contribution in [0, 0.1) is 5.92 Å². The lowest BCUT2D eigenvalue weighted by Gasteiger charge is -2.32. The van der Waals surface area contributed by atoms with Crippen molar-refractivity contribution in [2.24, 2.45) is 11.7 Å². The van der Waals surface area contributed by atoms with E-state index in [2.05, 4.69) is 5.32 Å². The van der Waals surface area contributed by atoms with Crippen molar-refractivity contribution < 1.29 is 20.1 Å². The number of carbonyl (C=O) groups excluding carboxylic acids is 1. The van der Waals surface area contributed by atoms with E-state index in [9.17, 15) is 20.1 Å². The molecule has 1 amide bonds. The van der Waals surface area contributed by atoms with E-state index in [1.54, 1.807) is 6.20 Å². The van der Waals surface area contributed by atoms with Crippen molar-refractivity contribution in [3.8, 4) is 0 Å². The van der Waals surface area contributed by atoms with Crippen LogP contribution in [0.2, 0.25) is 0 Å². The number of carbonyl (C=O) groups is 1. The fourth-order valence-corrected chi connectivity index (χ4v) is 3.37. The molecule has 1 saturated carbocycles. The van der Waals surface area contributed by atoms with Gasteiger partial charge < -0.3 is 26.4 Å². The number of hydrogen-bond acceptors (Lipinski definition) is 5. The van der Waals surface area contributed by atoms with Crippen molar-refractivity contribution in [2.45, 2.75) is 30.7 Å². The molecule has 5 atom stereocenters. The Morgan fingerprint density at radius 1 is 1.19 bits per heavy atom. The highest BCUT2D eigenvalue weighted by Gasteiger charge is 2.47. The van der Waals surface area contributed by atoms with E-state index in [1.807, 2.05) is 24.3 Å². The second-order valence-electron chi connectivity index (χ2n) is 5.62. The van der Waals surface area contributed by atoms with Crippen molar-refractivity contribution in [3.63, 3.8) is 0 Å². The van der Waals surface area contributed by atoms with Gasteiger partial charge >= 0.3 is 0 Å². The van der Waals surface area contributed by atoms with Crippen LogP contribution in [0.3, 0.4) is 0 Å². The van der Waals surface area contributed by atoms with Crippen molar-refractivity contribution in [3.05, 3.63) is 41.6 Å². The molecule has 3 rings (SSSR count). The van der Waals surface area contributed by atoms with Crippen LogP contribution >= 0.6 is 0 Å². The largest absolute Gasteiger partial charge is 0.390 e. The van der Waals surface area contributed by atoms with Gasteiger partial charge in [-0.15, -0.1) is 0 Å². The zero-order valence-electron chi connectivity index (χ0n) is 11.3. The lowest BCUT2D eigenvalue weighted by Crippen LogP contribution is -2.35. The van der Waals surface area contributed by atoms with E-state index in [0.29, 0.717) is 5.57 Å². The first-order chi connectivity index (χ1) is 10.0. The molecule has 6 N–H and O–H groups in total. The summed E-state index contributed by atoms with van der Waals surface area (Å²) in [5.74, 6) is -1.48. The van der Waals surface area contributed by atoms with Crippen LogP contribution in [-0.4, -0.2) is 39.5 Å². The first kappa shape index (κ1) is 14.1. The maximum atomic E-state index is 11.7. The molecule has 0 radical (unpaired) electrons. The number of aliphatic hydroxyl groups excluding tert-OH is 3. The molecule has 0 spiro atoms. The van der Waals surface area contributed by atoms with E-state index in [0.717, 1.165) is 11.3 Å². The summed E-state index contributed by atoms with van der Waals surface area (Å²) >= 11 is 0. The van der Waals surface area contributed by atoms with Crippen molar-refractivity contribution in [1.29, 1.82) is 0 Å². The molecule has 1 fully saturated rings. The maximum absolute atomic E-state index is 11.7. The summed E-state index contributed by atoms with van der Waals surface area (Å²) in [5, 5.41) is 32.8. The first-order valence-corrected chi connectivity index (χ1v) is 6.90. The quantitative estimate of drug-likeness (QED) is 0.511. The van der Waals surface area contributed by atoms with E-state index in [4.69, 9.17) is 5.73 Å². The normalized spacial score (nSPS) is 34.8. The smallest absolute Gasteiger partial charge is 0.246 e. The number of nitrogens with one attached hydrogen (secondary N) is 1. The number of amides is 1. The standard InChI is InChI=1S/C15H18N2O4/c16-15(21)9-6-17-10-4-2-1-3-7(10)12(9)8-5-11(18)14(20)13(8)19/h1-4,6,8,11-14,17-20H,5H2,(H2,16,21). The number of para-hydroxylation sites is 1. The molecule has 1 heterocycles. The fraction of sp³-hybridized carbons (Fsp3) is 0.400. The molecule has 112 valence electrons. The highest BCUT2D eigenvalue weighted by atomic mass is 16.4. The predicted octanol–water partition coefficient (Wildman–Crippen LogP) is -0.333. The van der Waals surface area contributed by atoms with Crippen LogP contribution in [0.1, 0.15) is 17.9 Å². The Labute approximate surface area is 121 Å². The number of fused-ring (bicyclic) bond motifs is 1. The van der Waals surface area contributed by atoms with E-state index < -0.39 is 36.1 Å². The Bertz CT molecular complexity index is 601. The molecule has 1 aromatic rings. The molecule has 21 heavy (non-hydrogen) atoms. The summed E-state index contributed by atoms with van der Waals surface area (Å²) in [6.07, 6.45) is -1.54. The van der Waals surface area contributed by atoms with Crippen LogP contribution in [0.15, 0.2) is 36.0 Å². The van der Waals surface area contributed by atoms with Crippen LogP contribution in [0.4, 0.5) is 5.69 Å². The van der Waals surface area contributed by atoms with Crippen LogP contribution in [-0.2, 0) is 4.79 Å². The Morgan fingerprint density at radius 2 is 1.90 bits per heavy atom. The molecular formula is C15H18N2O4. The molecular weight excluding hydrogens is 272 g/mol. The predicted molar refractivity (Wildman–Crippen MR) is 76.2 cm³/mol. The first-order valence-electron chi connectivity index (χ1n) is 6.90. The lowest BCUT2D eigenvalue weighted by molar-refractivity contribution is -0.115. The lowest BCUT2D eigenvalue weighted by atomic mass is 9.76. The van der Waals surface area contributed by atoms with Crippen molar-refractivity contribution >= 4 is 11.6 Å². The van der Waals surface area contributed by atoms with Gasteiger partial charge in [-0.05, 0) is 18.1 Å². The molecule has 0 bridgehead atoms. The van der Waals surface area contributed by atoms with Crippen LogP contribution in [0.25, 0.3) is 0 Å². The monoisotopic (exact) mass is 290 g/mol.